The van der Waals surface area contributed by atoms with E-state index in [1.165, 1.54) is 0 Å². The Bertz CT molecular complexity index is 403. The van der Waals surface area contributed by atoms with Gasteiger partial charge in [-0.2, -0.15) is 0 Å². The molecule has 1 rings (SSSR count). The first kappa shape index (κ1) is 15.9. The van der Waals surface area contributed by atoms with Crippen molar-refractivity contribution in [1.82, 2.24) is 10.3 Å². The van der Waals surface area contributed by atoms with Crippen molar-refractivity contribution in [3.05, 3.63) is 23.5 Å². The summed E-state index contributed by atoms with van der Waals surface area (Å²) >= 11 is 0. The van der Waals surface area contributed by atoms with Crippen molar-refractivity contribution in [2.45, 2.75) is 46.3 Å². The minimum atomic E-state index is -0.678. The van der Waals surface area contributed by atoms with Gasteiger partial charge in [0.1, 0.15) is 5.75 Å². The molecule has 4 heteroatoms. The third kappa shape index (κ3) is 6.03. The molecule has 19 heavy (non-hydrogen) atoms. The number of rotatable bonds is 7. The summed E-state index contributed by atoms with van der Waals surface area (Å²) in [5.74, 6) is 1.30. The van der Waals surface area contributed by atoms with Gasteiger partial charge in [-0.05, 0) is 26.2 Å². The number of hydrogen-bond donors (Lipinski definition) is 2. The number of ether oxygens (including phenoxy) is 1. The molecular formula is C15H26N2O2. The quantitative estimate of drug-likeness (QED) is 0.795. The zero-order valence-electron chi connectivity index (χ0n) is 12.7. The predicted octanol–water partition coefficient (Wildman–Crippen LogP) is 2.29. The molecule has 0 aliphatic carbocycles. The first-order valence-corrected chi connectivity index (χ1v) is 6.77. The van der Waals surface area contributed by atoms with Crippen molar-refractivity contribution in [2.75, 3.05) is 13.7 Å². The standard InChI is InChI=1S/C15H26N2O2/c1-11(2)8-15(4,18)10-16-9-13-7-14(19-5)6-12(3)17-13/h6-7,11,16,18H,8-10H2,1-5H3. The number of pyridine rings is 1. The minimum Gasteiger partial charge on any atom is -0.497 e. The highest BCUT2D eigenvalue weighted by atomic mass is 16.5. The zero-order chi connectivity index (χ0) is 14.5. The topological polar surface area (TPSA) is 54.4 Å². The lowest BCUT2D eigenvalue weighted by Crippen LogP contribution is -2.38. The van der Waals surface area contributed by atoms with Gasteiger partial charge in [0.05, 0.1) is 18.4 Å². The van der Waals surface area contributed by atoms with Gasteiger partial charge in [0, 0.05) is 30.9 Å². The van der Waals surface area contributed by atoms with Crippen LogP contribution in [0.2, 0.25) is 0 Å². The number of aryl methyl sites for hydroxylation is 1. The van der Waals surface area contributed by atoms with Crippen molar-refractivity contribution < 1.29 is 9.84 Å². The maximum atomic E-state index is 10.2. The van der Waals surface area contributed by atoms with E-state index in [0.29, 0.717) is 19.0 Å². The van der Waals surface area contributed by atoms with Crippen LogP contribution in [-0.4, -0.2) is 29.3 Å². The van der Waals surface area contributed by atoms with E-state index >= 15 is 0 Å². The van der Waals surface area contributed by atoms with Crippen LogP contribution in [0.1, 0.15) is 38.6 Å². The maximum Gasteiger partial charge on any atom is 0.122 e. The average Bonchev–Trinajstić information content (AvgIpc) is 2.26. The van der Waals surface area contributed by atoms with E-state index in [0.717, 1.165) is 23.6 Å². The summed E-state index contributed by atoms with van der Waals surface area (Å²) in [6.45, 7) is 9.23. The van der Waals surface area contributed by atoms with Crippen molar-refractivity contribution in [1.29, 1.82) is 0 Å². The second-order valence-electron chi connectivity index (χ2n) is 5.84. The lowest BCUT2D eigenvalue weighted by Gasteiger charge is -2.25. The number of nitrogens with one attached hydrogen (secondary N) is 1. The molecule has 0 spiro atoms. The molecule has 0 radical (unpaired) electrons. The molecule has 0 aliphatic heterocycles. The normalized spacial score (nSPS) is 14.5. The first-order chi connectivity index (χ1) is 8.82. The first-order valence-electron chi connectivity index (χ1n) is 6.77. The van der Waals surface area contributed by atoms with Crippen LogP contribution in [0.15, 0.2) is 12.1 Å². The lowest BCUT2D eigenvalue weighted by molar-refractivity contribution is 0.0382. The number of methoxy groups -OCH3 is 1. The van der Waals surface area contributed by atoms with E-state index in [-0.39, 0.29) is 0 Å². The third-order valence-electron chi connectivity index (χ3n) is 2.88. The Labute approximate surface area is 116 Å². The number of hydrogen-bond acceptors (Lipinski definition) is 4. The number of aliphatic hydroxyl groups is 1. The summed E-state index contributed by atoms with van der Waals surface area (Å²) < 4.78 is 5.22. The highest BCUT2D eigenvalue weighted by molar-refractivity contribution is 5.26. The van der Waals surface area contributed by atoms with Crippen LogP contribution in [0, 0.1) is 12.8 Å². The van der Waals surface area contributed by atoms with Gasteiger partial charge in [-0.1, -0.05) is 13.8 Å². The molecule has 1 heterocycles. The van der Waals surface area contributed by atoms with Crippen LogP contribution < -0.4 is 10.1 Å². The Kier molecular flexibility index (Phi) is 5.76. The second-order valence-corrected chi connectivity index (χ2v) is 5.84. The molecule has 1 unspecified atom stereocenters. The van der Waals surface area contributed by atoms with Gasteiger partial charge in [0.25, 0.3) is 0 Å². The van der Waals surface area contributed by atoms with Gasteiger partial charge in [-0.15, -0.1) is 0 Å². The van der Waals surface area contributed by atoms with Crippen LogP contribution in [-0.2, 0) is 6.54 Å². The Hall–Kier alpha value is -1.13. The van der Waals surface area contributed by atoms with Gasteiger partial charge in [0.2, 0.25) is 0 Å². The summed E-state index contributed by atoms with van der Waals surface area (Å²) in [7, 11) is 1.65. The lowest BCUT2D eigenvalue weighted by atomic mass is 9.94. The van der Waals surface area contributed by atoms with E-state index in [4.69, 9.17) is 4.74 Å². The van der Waals surface area contributed by atoms with Gasteiger partial charge in [-0.25, -0.2) is 0 Å². The summed E-state index contributed by atoms with van der Waals surface area (Å²) in [6, 6.07) is 3.82. The molecule has 0 saturated carbocycles. The Balaban J connectivity index is 2.51. The van der Waals surface area contributed by atoms with Crippen molar-refractivity contribution in [2.24, 2.45) is 5.92 Å². The van der Waals surface area contributed by atoms with E-state index in [2.05, 4.69) is 24.1 Å². The van der Waals surface area contributed by atoms with Crippen molar-refractivity contribution in [3.8, 4) is 5.75 Å². The van der Waals surface area contributed by atoms with Gasteiger partial charge in [-0.3, -0.25) is 4.98 Å². The van der Waals surface area contributed by atoms with Gasteiger partial charge >= 0.3 is 0 Å². The van der Waals surface area contributed by atoms with E-state index in [1.54, 1.807) is 7.11 Å². The Morgan fingerprint density at radius 3 is 2.68 bits per heavy atom. The van der Waals surface area contributed by atoms with Crippen molar-refractivity contribution in [3.63, 3.8) is 0 Å². The van der Waals surface area contributed by atoms with Crippen molar-refractivity contribution >= 4 is 0 Å². The maximum absolute atomic E-state index is 10.2. The molecule has 0 aromatic carbocycles. The van der Waals surface area contributed by atoms with Crippen LogP contribution >= 0.6 is 0 Å². The van der Waals surface area contributed by atoms with Crippen LogP contribution in [0.25, 0.3) is 0 Å². The Morgan fingerprint density at radius 1 is 1.42 bits per heavy atom. The molecule has 1 atom stereocenters. The SMILES string of the molecule is COc1cc(C)nc(CNCC(C)(O)CC(C)C)c1. The summed E-state index contributed by atoms with van der Waals surface area (Å²) in [5, 5.41) is 13.5. The number of nitrogens with zero attached hydrogens (tertiary/aromatic N) is 1. The summed E-state index contributed by atoms with van der Waals surface area (Å²) in [4.78, 5) is 4.44. The third-order valence-corrected chi connectivity index (χ3v) is 2.88. The van der Waals surface area contributed by atoms with E-state index in [9.17, 15) is 5.11 Å². The largest absolute Gasteiger partial charge is 0.497 e. The fourth-order valence-corrected chi connectivity index (χ4v) is 2.32. The van der Waals surface area contributed by atoms with E-state index < -0.39 is 5.60 Å². The Morgan fingerprint density at radius 2 is 2.11 bits per heavy atom. The molecule has 0 bridgehead atoms. The molecule has 108 valence electrons. The molecule has 1 aromatic rings. The molecule has 0 aliphatic rings. The molecule has 0 fully saturated rings. The minimum absolute atomic E-state index is 0.481. The molecule has 2 N–H and O–H groups in total. The van der Waals surface area contributed by atoms with Crippen LogP contribution in [0.5, 0.6) is 5.75 Å². The smallest absolute Gasteiger partial charge is 0.122 e. The van der Waals surface area contributed by atoms with Crippen LogP contribution in [0.3, 0.4) is 0 Å². The van der Waals surface area contributed by atoms with Gasteiger partial charge < -0.3 is 15.2 Å². The van der Waals surface area contributed by atoms with Gasteiger partial charge in [0.15, 0.2) is 0 Å². The number of aromatic nitrogens is 1. The average molecular weight is 266 g/mol. The summed E-state index contributed by atoms with van der Waals surface area (Å²) in [6.07, 6.45) is 0.782. The predicted molar refractivity (Wildman–Crippen MR) is 77.3 cm³/mol. The molecular weight excluding hydrogens is 240 g/mol. The highest BCUT2D eigenvalue weighted by Crippen LogP contribution is 2.16. The van der Waals surface area contributed by atoms with E-state index in [1.807, 2.05) is 26.0 Å². The molecule has 0 saturated heterocycles. The molecule has 1 aromatic heterocycles. The zero-order valence-corrected chi connectivity index (χ0v) is 12.7. The molecule has 0 amide bonds. The second kappa shape index (κ2) is 6.87. The molecule has 4 nitrogen and oxygen atoms in total. The highest BCUT2D eigenvalue weighted by Gasteiger charge is 2.21. The monoisotopic (exact) mass is 266 g/mol. The summed E-state index contributed by atoms with van der Waals surface area (Å²) in [5.41, 5.74) is 1.18. The fourth-order valence-electron chi connectivity index (χ4n) is 2.32. The van der Waals surface area contributed by atoms with Crippen LogP contribution in [0.4, 0.5) is 0 Å². The fraction of sp³-hybridized carbons (Fsp3) is 0.667.